The lowest BCUT2D eigenvalue weighted by molar-refractivity contribution is -0.137. The molecule has 0 aliphatic heterocycles. The molecular formula is C36H28F6N4O2. The van der Waals surface area contributed by atoms with Gasteiger partial charge in [-0.3, -0.25) is 9.59 Å². The van der Waals surface area contributed by atoms with Crippen molar-refractivity contribution < 1.29 is 35.9 Å². The molecule has 0 radical (unpaired) electrons. The molecule has 4 aromatic carbocycles. The third-order valence-electron chi connectivity index (χ3n) is 8.65. The van der Waals surface area contributed by atoms with Crippen LogP contribution in [0.15, 0.2) is 104 Å². The Morgan fingerprint density at radius 1 is 0.812 bits per heavy atom. The van der Waals surface area contributed by atoms with E-state index in [1.54, 1.807) is 59.2 Å². The van der Waals surface area contributed by atoms with Gasteiger partial charge in [-0.1, -0.05) is 72.8 Å². The Labute approximate surface area is 271 Å². The average Bonchev–Trinajstić information content (AvgIpc) is 3.60. The number of hydrogen-bond acceptors (Lipinski definition) is 3. The number of alkyl halides is 6. The van der Waals surface area contributed by atoms with Gasteiger partial charge in [0.15, 0.2) is 0 Å². The van der Waals surface area contributed by atoms with E-state index < -0.39 is 41.6 Å². The van der Waals surface area contributed by atoms with Gasteiger partial charge >= 0.3 is 12.4 Å². The topological polar surface area (TPSA) is 90.0 Å². The molecule has 1 unspecified atom stereocenters. The maximum atomic E-state index is 13.4. The minimum absolute atomic E-state index is 0.0787. The summed E-state index contributed by atoms with van der Waals surface area (Å²) in [5, 5.41) is 2.82. The quantitative estimate of drug-likeness (QED) is 0.156. The fraction of sp³-hybridized carbons (Fsp3) is 0.194. The minimum Gasteiger partial charge on any atom is -0.369 e. The smallest absolute Gasteiger partial charge is 0.369 e. The number of anilines is 1. The van der Waals surface area contributed by atoms with Crippen molar-refractivity contribution in [3.8, 4) is 22.3 Å². The number of aromatic nitrogens is 2. The van der Waals surface area contributed by atoms with Crippen molar-refractivity contribution in [2.45, 2.75) is 43.6 Å². The van der Waals surface area contributed by atoms with Crippen LogP contribution in [0.4, 0.5) is 32.2 Å². The highest BCUT2D eigenvalue weighted by molar-refractivity contribution is 6.08. The summed E-state index contributed by atoms with van der Waals surface area (Å²) in [6, 6.07) is 22.5. The molecule has 5 aromatic rings. The van der Waals surface area contributed by atoms with Gasteiger partial charge in [0.05, 0.1) is 29.9 Å². The first kappa shape index (κ1) is 32.5. The van der Waals surface area contributed by atoms with Gasteiger partial charge in [-0.2, -0.15) is 26.3 Å². The molecular weight excluding hydrogens is 634 g/mol. The number of primary amides is 1. The molecule has 1 aliphatic carbocycles. The molecule has 48 heavy (non-hydrogen) atoms. The molecule has 1 heterocycles. The third-order valence-corrected chi connectivity index (χ3v) is 8.65. The van der Waals surface area contributed by atoms with Crippen molar-refractivity contribution in [1.82, 2.24) is 9.55 Å². The minimum atomic E-state index is -4.49. The predicted octanol–water partition coefficient (Wildman–Crippen LogP) is 8.16. The van der Waals surface area contributed by atoms with Gasteiger partial charge in [-0.05, 0) is 70.0 Å². The zero-order valence-corrected chi connectivity index (χ0v) is 25.2. The van der Waals surface area contributed by atoms with Crippen molar-refractivity contribution in [3.63, 3.8) is 0 Å². The van der Waals surface area contributed by atoms with Crippen LogP contribution in [-0.4, -0.2) is 27.5 Å². The van der Waals surface area contributed by atoms with Gasteiger partial charge in [0.25, 0.3) is 5.91 Å². The highest BCUT2D eigenvalue weighted by Gasteiger charge is 2.47. The lowest BCUT2D eigenvalue weighted by atomic mass is 9.73. The fourth-order valence-corrected chi connectivity index (χ4v) is 6.49. The van der Waals surface area contributed by atoms with Crippen LogP contribution in [0.5, 0.6) is 0 Å². The van der Waals surface area contributed by atoms with E-state index in [9.17, 15) is 35.9 Å². The highest BCUT2D eigenvalue weighted by Crippen LogP contribution is 2.51. The summed E-state index contributed by atoms with van der Waals surface area (Å²) in [5.41, 5.74) is 7.52. The molecule has 0 saturated carbocycles. The van der Waals surface area contributed by atoms with Gasteiger partial charge in [0.2, 0.25) is 5.91 Å². The second kappa shape index (κ2) is 12.3. The normalized spacial score (nSPS) is 15.5. The van der Waals surface area contributed by atoms with Crippen molar-refractivity contribution in [1.29, 1.82) is 0 Å². The molecule has 1 atom stereocenters. The first-order chi connectivity index (χ1) is 22.8. The molecule has 12 heteroatoms. The molecule has 0 fully saturated rings. The summed E-state index contributed by atoms with van der Waals surface area (Å²) in [7, 11) is 0. The van der Waals surface area contributed by atoms with E-state index in [1.807, 2.05) is 0 Å². The Kier molecular flexibility index (Phi) is 8.36. The molecule has 3 N–H and O–H groups in total. The Balaban J connectivity index is 1.22. The van der Waals surface area contributed by atoms with Crippen LogP contribution in [0.25, 0.3) is 22.3 Å². The maximum Gasteiger partial charge on any atom is 0.416 e. The summed E-state index contributed by atoms with van der Waals surface area (Å²) in [5.74, 6) is -0.787. The van der Waals surface area contributed by atoms with Gasteiger partial charge in [-0.25, -0.2) is 4.98 Å². The molecule has 246 valence electrons. The van der Waals surface area contributed by atoms with Gasteiger partial charge in [-0.15, -0.1) is 0 Å². The van der Waals surface area contributed by atoms with E-state index in [0.29, 0.717) is 52.2 Å². The number of halogens is 6. The van der Waals surface area contributed by atoms with E-state index >= 15 is 0 Å². The number of amides is 2. The Bertz CT molecular complexity index is 2000. The molecule has 6 nitrogen and oxygen atoms in total. The summed E-state index contributed by atoms with van der Waals surface area (Å²) >= 11 is 0. The highest BCUT2D eigenvalue weighted by atomic mass is 19.4. The number of carbonyl (C=O) groups excluding carboxylic acids is 2. The monoisotopic (exact) mass is 662 g/mol. The zero-order chi connectivity index (χ0) is 34.3. The first-order valence-electron chi connectivity index (χ1n) is 15.0. The largest absolute Gasteiger partial charge is 0.416 e. The van der Waals surface area contributed by atoms with Crippen molar-refractivity contribution in [3.05, 3.63) is 131 Å². The second-order valence-electron chi connectivity index (χ2n) is 11.6. The number of aryl methyl sites for hydroxylation is 1. The molecule has 6 rings (SSSR count). The molecule has 2 amide bonds. The van der Waals surface area contributed by atoms with E-state index in [4.69, 9.17) is 5.73 Å². The van der Waals surface area contributed by atoms with Crippen LogP contribution in [-0.2, 0) is 29.4 Å². The van der Waals surface area contributed by atoms with Crippen LogP contribution in [0.3, 0.4) is 0 Å². The van der Waals surface area contributed by atoms with Gasteiger partial charge < -0.3 is 15.6 Å². The summed E-state index contributed by atoms with van der Waals surface area (Å²) < 4.78 is 80.5. The van der Waals surface area contributed by atoms with E-state index in [2.05, 4.69) is 10.3 Å². The van der Waals surface area contributed by atoms with Crippen LogP contribution in [0.1, 0.15) is 45.5 Å². The van der Waals surface area contributed by atoms with Gasteiger partial charge in [0.1, 0.15) is 5.82 Å². The molecule has 0 saturated heterocycles. The molecule has 0 spiro atoms. The lowest BCUT2D eigenvalue weighted by Crippen LogP contribution is -2.41. The number of nitrogens with one attached hydrogen (secondary N) is 1. The number of fused-ring (bicyclic) bond motifs is 3. The molecule has 1 aromatic heterocycles. The molecule has 1 aliphatic rings. The average molecular weight is 663 g/mol. The lowest BCUT2D eigenvalue weighted by Gasteiger charge is -2.29. The van der Waals surface area contributed by atoms with Gasteiger partial charge in [0, 0.05) is 12.1 Å². The third kappa shape index (κ3) is 6.17. The van der Waals surface area contributed by atoms with E-state index in [0.717, 1.165) is 12.1 Å². The van der Waals surface area contributed by atoms with E-state index in [-0.39, 0.29) is 17.5 Å². The maximum absolute atomic E-state index is 13.4. The van der Waals surface area contributed by atoms with Crippen LogP contribution in [0, 0.1) is 0 Å². The number of nitrogens with zero attached hydrogens (tertiary/aromatic N) is 2. The Morgan fingerprint density at radius 3 is 2.17 bits per heavy atom. The fourth-order valence-electron chi connectivity index (χ4n) is 6.49. The number of rotatable bonds is 9. The van der Waals surface area contributed by atoms with Crippen LogP contribution >= 0.6 is 0 Å². The Morgan fingerprint density at radius 2 is 1.48 bits per heavy atom. The molecule has 0 bridgehead atoms. The zero-order valence-electron chi connectivity index (χ0n) is 25.2. The SMILES string of the molecule is NC(=O)C1(CCCn2cncc2NC(=O)c2ccccc2-c2ccc(C(F)(F)F)cc2)c2ccccc2-c2cc(CC(F)(F)F)ccc21. The number of benzene rings is 4. The Hall–Kier alpha value is -5.39. The van der Waals surface area contributed by atoms with Crippen molar-refractivity contribution >= 4 is 17.6 Å². The first-order valence-corrected chi connectivity index (χ1v) is 15.0. The van der Waals surface area contributed by atoms with Crippen molar-refractivity contribution in [2.24, 2.45) is 5.73 Å². The number of nitrogens with two attached hydrogens (primary N) is 1. The number of carbonyl (C=O) groups is 2. The summed E-state index contributed by atoms with van der Waals surface area (Å²) in [6.45, 7) is 0.300. The van der Waals surface area contributed by atoms with E-state index in [1.165, 1.54) is 36.8 Å². The summed E-state index contributed by atoms with van der Waals surface area (Å²) in [4.78, 5) is 30.8. The summed E-state index contributed by atoms with van der Waals surface area (Å²) in [6.07, 6.45) is -6.42. The number of hydrogen-bond donors (Lipinski definition) is 2. The number of imidazole rings is 1. The van der Waals surface area contributed by atoms with Crippen LogP contribution in [0.2, 0.25) is 0 Å². The second-order valence-corrected chi connectivity index (χ2v) is 11.6. The van der Waals surface area contributed by atoms with Crippen LogP contribution < -0.4 is 11.1 Å². The standard InChI is InChI=1S/C36H28F6N4O2/c37-35(38,39)19-22-10-15-30-28(18-22)26-7-3-4-9-29(26)34(30,33(43)48)16-5-17-46-21-44-20-31(46)45-32(47)27-8-2-1-6-25(27)23-11-13-24(14-12-23)36(40,41)42/h1-4,6-15,18,20-21H,5,16-17,19H2,(H2,43,48)(H,45,47). The van der Waals surface area contributed by atoms with Crippen molar-refractivity contribution in [2.75, 3.05) is 5.32 Å². The predicted molar refractivity (Wildman–Crippen MR) is 168 cm³/mol.